The smallest absolute Gasteiger partial charge is 0.146 e. The van der Waals surface area contributed by atoms with E-state index in [1.807, 2.05) is 13.8 Å². The Kier molecular flexibility index (Phi) is 3.76. The molecule has 0 atom stereocenters. The van der Waals surface area contributed by atoms with Gasteiger partial charge in [0.15, 0.2) is 0 Å². The van der Waals surface area contributed by atoms with Gasteiger partial charge in [0, 0.05) is 12.5 Å². The van der Waals surface area contributed by atoms with Gasteiger partial charge in [-0.3, -0.25) is 4.79 Å². The largest absolute Gasteiger partial charge is 0.512 e. The molecule has 0 saturated heterocycles. The Labute approximate surface area is 55.2 Å². The fourth-order valence-corrected chi connectivity index (χ4v) is 0.565. The topological polar surface area (TPSA) is 37.3 Å². The highest BCUT2D eigenvalue weighted by molar-refractivity contribution is 5.65. The normalized spacial score (nSPS) is 12.1. The summed E-state index contributed by atoms with van der Waals surface area (Å²) in [5, 5.41) is 8.85. The van der Waals surface area contributed by atoms with E-state index in [-0.39, 0.29) is 5.76 Å². The molecule has 2 heteroatoms. The van der Waals surface area contributed by atoms with E-state index in [1.165, 1.54) is 6.08 Å². The van der Waals surface area contributed by atoms with Crippen LogP contribution in [0.5, 0.6) is 0 Å². The molecule has 0 bridgehead atoms. The molecule has 9 heavy (non-hydrogen) atoms. The van der Waals surface area contributed by atoms with Gasteiger partial charge in [-0.1, -0.05) is 13.8 Å². The van der Waals surface area contributed by atoms with Crippen molar-refractivity contribution in [2.75, 3.05) is 0 Å². The van der Waals surface area contributed by atoms with Gasteiger partial charge in [0.1, 0.15) is 6.29 Å². The van der Waals surface area contributed by atoms with Crippen molar-refractivity contribution in [1.29, 1.82) is 0 Å². The number of aliphatic hydroxyl groups excluding tert-OH is 1. The van der Waals surface area contributed by atoms with Crippen molar-refractivity contribution >= 4 is 6.29 Å². The summed E-state index contributed by atoms with van der Waals surface area (Å²) in [6.07, 6.45) is 2.36. The van der Waals surface area contributed by atoms with Gasteiger partial charge in [0.25, 0.3) is 0 Å². The third kappa shape index (κ3) is 5.07. The maximum atomic E-state index is 9.76. The molecule has 0 heterocycles. The Morgan fingerprint density at radius 3 is 2.56 bits per heavy atom. The highest BCUT2D eigenvalue weighted by Crippen LogP contribution is 2.05. The Hall–Kier alpha value is -0.790. The lowest BCUT2D eigenvalue weighted by atomic mass is 10.1. The summed E-state index contributed by atoms with van der Waals surface area (Å²) in [5.74, 6) is 0.571. The lowest BCUT2D eigenvalue weighted by Gasteiger charge is -2.00. The van der Waals surface area contributed by atoms with Gasteiger partial charge < -0.3 is 5.11 Å². The van der Waals surface area contributed by atoms with Gasteiger partial charge in [-0.2, -0.15) is 0 Å². The Balaban J connectivity index is 3.61. The van der Waals surface area contributed by atoms with E-state index in [0.717, 1.165) is 0 Å². The number of hydrogen-bond acceptors (Lipinski definition) is 2. The fourth-order valence-electron chi connectivity index (χ4n) is 0.565. The number of carbonyl (C=O) groups excluding carboxylic acids is 1. The van der Waals surface area contributed by atoms with Crippen molar-refractivity contribution in [1.82, 2.24) is 0 Å². The summed E-state index contributed by atoms with van der Waals surface area (Å²) in [7, 11) is 0. The highest BCUT2D eigenvalue weighted by atomic mass is 16.3. The first-order chi connectivity index (χ1) is 4.16. The van der Waals surface area contributed by atoms with Crippen LogP contribution in [0.1, 0.15) is 20.3 Å². The van der Waals surface area contributed by atoms with Crippen molar-refractivity contribution < 1.29 is 9.90 Å². The standard InChI is InChI=1S/C7H12O2/c1-6(2)5-7(9)3-4-8/h3-4,6,9H,5H2,1-2H3/b7-3+. The number of aliphatic hydroxyl groups is 1. The maximum absolute atomic E-state index is 9.76. The molecule has 0 fully saturated rings. The van der Waals surface area contributed by atoms with E-state index in [0.29, 0.717) is 18.6 Å². The first-order valence-electron chi connectivity index (χ1n) is 3.00. The van der Waals surface area contributed by atoms with Gasteiger partial charge in [0.2, 0.25) is 0 Å². The molecule has 0 amide bonds. The summed E-state index contributed by atoms with van der Waals surface area (Å²) in [5.41, 5.74) is 0. The molecule has 0 aliphatic heterocycles. The van der Waals surface area contributed by atoms with Crippen molar-refractivity contribution in [3.8, 4) is 0 Å². The van der Waals surface area contributed by atoms with Gasteiger partial charge in [0.05, 0.1) is 5.76 Å². The van der Waals surface area contributed by atoms with Crippen molar-refractivity contribution in [2.45, 2.75) is 20.3 Å². The highest BCUT2D eigenvalue weighted by Gasteiger charge is 1.95. The molecular formula is C7H12O2. The number of allylic oxidation sites excluding steroid dienone is 2. The van der Waals surface area contributed by atoms with Gasteiger partial charge >= 0.3 is 0 Å². The van der Waals surface area contributed by atoms with E-state index >= 15 is 0 Å². The monoisotopic (exact) mass is 128 g/mol. The maximum Gasteiger partial charge on any atom is 0.146 e. The number of hydrogen-bond donors (Lipinski definition) is 1. The van der Waals surface area contributed by atoms with Gasteiger partial charge in [-0.15, -0.1) is 0 Å². The van der Waals surface area contributed by atoms with Crippen LogP contribution in [0.4, 0.5) is 0 Å². The number of aldehydes is 1. The average molecular weight is 128 g/mol. The number of carbonyl (C=O) groups is 1. The van der Waals surface area contributed by atoms with Crippen molar-refractivity contribution in [2.24, 2.45) is 5.92 Å². The molecule has 2 nitrogen and oxygen atoms in total. The minimum absolute atomic E-state index is 0.167. The van der Waals surface area contributed by atoms with E-state index in [1.54, 1.807) is 0 Å². The molecule has 0 unspecified atom stereocenters. The molecule has 1 N–H and O–H groups in total. The fraction of sp³-hybridized carbons (Fsp3) is 0.571. The molecule has 52 valence electrons. The molecule has 0 aromatic rings. The average Bonchev–Trinajstić information content (AvgIpc) is 1.63. The molecule has 0 spiro atoms. The first kappa shape index (κ1) is 8.21. The molecule has 0 aromatic heterocycles. The Bertz CT molecular complexity index is 114. The summed E-state index contributed by atoms with van der Waals surface area (Å²) < 4.78 is 0. The minimum Gasteiger partial charge on any atom is -0.512 e. The van der Waals surface area contributed by atoms with Crippen LogP contribution in [0, 0.1) is 5.92 Å². The van der Waals surface area contributed by atoms with Crippen LogP contribution in [0.25, 0.3) is 0 Å². The second-order valence-corrected chi connectivity index (χ2v) is 2.39. The van der Waals surface area contributed by atoms with Crippen LogP contribution >= 0.6 is 0 Å². The second kappa shape index (κ2) is 4.13. The summed E-state index contributed by atoms with van der Waals surface area (Å²) in [6.45, 7) is 3.96. The zero-order valence-electron chi connectivity index (χ0n) is 5.79. The zero-order valence-corrected chi connectivity index (χ0v) is 5.79. The van der Waals surface area contributed by atoms with E-state index in [2.05, 4.69) is 0 Å². The summed E-state index contributed by atoms with van der Waals surface area (Å²) in [6, 6.07) is 0. The van der Waals surface area contributed by atoms with Crippen LogP contribution in [0.3, 0.4) is 0 Å². The number of rotatable bonds is 3. The molecule has 0 aliphatic rings. The van der Waals surface area contributed by atoms with Crippen LogP contribution in [0.15, 0.2) is 11.8 Å². The predicted molar refractivity (Wildman–Crippen MR) is 36.2 cm³/mol. The molecule has 0 aliphatic carbocycles. The lowest BCUT2D eigenvalue weighted by molar-refractivity contribution is -0.104. The Morgan fingerprint density at radius 1 is 1.67 bits per heavy atom. The van der Waals surface area contributed by atoms with Crippen molar-refractivity contribution in [3.05, 3.63) is 11.8 Å². The van der Waals surface area contributed by atoms with E-state index in [4.69, 9.17) is 5.11 Å². The van der Waals surface area contributed by atoms with Crippen molar-refractivity contribution in [3.63, 3.8) is 0 Å². The van der Waals surface area contributed by atoms with Crippen LogP contribution in [-0.4, -0.2) is 11.4 Å². The quantitative estimate of drug-likeness (QED) is 0.356. The van der Waals surface area contributed by atoms with Crippen LogP contribution in [-0.2, 0) is 4.79 Å². The first-order valence-corrected chi connectivity index (χ1v) is 3.00. The zero-order chi connectivity index (χ0) is 7.28. The molecule has 0 radical (unpaired) electrons. The molecule has 0 aromatic carbocycles. The lowest BCUT2D eigenvalue weighted by Crippen LogP contribution is -1.90. The van der Waals surface area contributed by atoms with Crippen LogP contribution in [0.2, 0.25) is 0 Å². The molecule has 0 rings (SSSR count). The predicted octanol–water partition coefficient (Wildman–Crippen LogP) is 1.67. The second-order valence-electron chi connectivity index (χ2n) is 2.39. The third-order valence-corrected chi connectivity index (χ3v) is 0.878. The van der Waals surface area contributed by atoms with E-state index < -0.39 is 0 Å². The molecular weight excluding hydrogens is 116 g/mol. The van der Waals surface area contributed by atoms with Crippen LogP contribution < -0.4 is 0 Å². The summed E-state index contributed by atoms with van der Waals surface area (Å²) >= 11 is 0. The van der Waals surface area contributed by atoms with Gasteiger partial charge in [-0.05, 0) is 5.92 Å². The SMILES string of the molecule is CC(C)C/C(O)=C\C=O. The van der Waals surface area contributed by atoms with E-state index in [9.17, 15) is 4.79 Å². The third-order valence-electron chi connectivity index (χ3n) is 0.878. The minimum atomic E-state index is 0.167. The van der Waals surface area contributed by atoms with Gasteiger partial charge in [-0.25, -0.2) is 0 Å². The molecule has 0 saturated carbocycles. The Morgan fingerprint density at radius 2 is 2.22 bits per heavy atom. The summed E-state index contributed by atoms with van der Waals surface area (Å²) in [4.78, 5) is 9.76.